The quantitative estimate of drug-likeness (QED) is 0.0176. The normalized spacial score (nSPS) is 23.0. The number of aromatic amines is 4. The van der Waals surface area contributed by atoms with Crippen molar-refractivity contribution in [3.8, 4) is 68.5 Å². The topological polar surface area (TPSA) is 489 Å². The Morgan fingerprint density at radius 3 is 0.938 bits per heavy atom. The molecule has 0 amide bonds. The molecule has 5 atom stereocenters. The molecule has 8 aromatic heterocycles. The molecule has 12 heterocycles. The van der Waals surface area contributed by atoms with Crippen molar-refractivity contribution in [1.82, 2.24) is 117 Å². The first-order chi connectivity index (χ1) is 85.5. The van der Waals surface area contributed by atoms with Gasteiger partial charge in [0.15, 0.2) is 22.1 Å². The van der Waals surface area contributed by atoms with Crippen LogP contribution >= 0.6 is 0 Å². The van der Waals surface area contributed by atoms with Gasteiger partial charge in [-0.3, -0.25) is 37.9 Å². The van der Waals surface area contributed by atoms with Crippen LogP contribution in [0.25, 0.3) is 89.7 Å². The second kappa shape index (κ2) is 49.9. The third kappa shape index (κ3) is 26.5. The zero-order valence-electron chi connectivity index (χ0n) is 123. The van der Waals surface area contributed by atoms with Crippen LogP contribution in [0, 0.1) is 0 Å². The van der Waals surface area contributed by atoms with Crippen LogP contribution in [0.2, 0.25) is 0 Å². The summed E-state index contributed by atoms with van der Waals surface area (Å²) in [6.45, 7) is -22.0. The molecular formula is C100H144N24O16S4. The first-order valence-corrected chi connectivity index (χ1v) is 52.0. The number of hydrogen-bond acceptors (Lipinski definition) is 28. The minimum Gasteiger partial charge on any atom is -0.493 e. The summed E-state index contributed by atoms with van der Waals surface area (Å²) in [6, 6.07) is 8.82. The van der Waals surface area contributed by atoms with Gasteiger partial charge in [-0.2, -0.15) is 20.4 Å². The van der Waals surface area contributed by atoms with E-state index in [2.05, 4.69) is 65.0 Å². The number of nitrogens with one attached hydrogen (secondary N) is 8. The summed E-state index contributed by atoms with van der Waals surface area (Å²) in [6.07, 6.45) is -17.5. The van der Waals surface area contributed by atoms with Crippen LogP contribution in [-0.4, -0.2) is 263 Å². The van der Waals surface area contributed by atoms with Gasteiger partial charge >= 0.3 is 0 Å². The minimum absolute atomic E-state index is 0.00348. The van der Waals surface area contributed by atoms with Crippen molar-refractivity contribution in [3.63, 3.8) is 0 Å². The molecule has 0 bridgehead atoms. The summed E-state index contributed by atoms with van der Waals surface area (Å²) in [5.74, 6) is -0.486. The van der Waals surface area contributed by atoms with Crippen molar-refractivity contribution < 1.29 is 112 Å². The molecule has 40 nitrogen and oxygen atoms in total. The Labute approximate surface area is 903 Å². The molecule has 44 heteroatoms. The Morgan fingerprint density at radius 2 is 0.639 bits per heavy atom. The van der Waals surface area contributed by atoms with Gasteiger partial charge in [-0.1, -0.05) is 80.8 Å². The van der Waals surface area contributed by atoms with E-state index < -0.39 is 258 Å². The Kier molecular flexibility index (Phi) is 22.7. The van der Waals surface area contributed by atoms with Crippen LogP contribution in [-0.2, 0) is 93.8 Å². The number of nitrogens with zero attached hydrogens (tertiary/aromatic N) is 16. The number of sulfonamides is 4. The molecule has 4 aliphatic rings. The van der Waals surface area contributed by atoms with Gasteiger partial charge in [0.1, 0.15) is 68.4 Å². The number of ether oxygens (including phenoxy) is 4. The highest BCUT2D eigenvalue weighted by atomic mass is 32.2. The standard InChI is InChI=1S/4C25H36N6O4S/c4*1-5-8-20-22-23(31(4)29-20)25(32)28-24(27-22)19-16-18(10-11-21(19)35-15-6-2)36(33,34)26-13-12-17-9-7-14-30(17)3/h4*10-11,16-17,26H,5-9,12-15H2,1-4H3,(H,27,28,32)/i1D3,3D3,8D2,12D2,13D2;1D3,3D3,8D2,12D2,13D;1D3,3D3,12D2,13D2;1D3,3D3,8D2,12D2. The van der Waals surface area contributed by atoms with Crippen LogP contribution in [0.4, 0.5) is 0 Å². The van der Waals surface area contributed by atoms with Crippen LogP contribution < -0.4 is 60.1 Å². The van der Waals surface area contributed by atoms with Crippen LogP contribution in [0.3, 0.4) is 0 Å². The fourth-order valence-corrected chi connectivity index (χ4v) is 19.3. The van der Waals surface area contributed by atoms with Crippen molar-refractivity contribution in [3.05, 3.63) is 137 Å². The fourth-order valence-electron chi connectivity index (χ4n) is 15.8. The van der Waals surface area contributed by atoms with Crippen molar-refractivity contribution >= 4 is 84.2 Å². The predicted octanol–water partition coefficient (Wildman–Crippen LogP) is 11.3. The van der Waals surface area contributed by atoms with E-state index in [4.69, 9.17) is 77.9 Å². The zero-order chi connectivity index (χ0) is 140. The minimum atomic E-state index is -4.89. The number of aromatic nitrogens is 16. The Balaban J connectivity index is 0.000000202. The smallest absolute Gasteiger partial charge is 0.277 e. The summed E-state index contributed by atoms with van der Waals surface area (Å²) >= 11 is 0. The van der Waals surface area contributed by atoms with E-state index in [0.717, 1.165) is 76.1 Å². The maximum atomic E-state index is 13.6. The SMILES string of the molecule is [2H]C(NS(=O)(=O)c1ccc(OCCC)c(-c2nc3c(C([2H])([2H])CC([2H])([2H])[2H])nn(C)c3c(=O)[nH]2)c1)C([2H])([2H])C1CCCN1C([2H])([2H])[2H].[2H]C([2H])([2H])CC([2H])([2H])c1nn(C)c2c(=O)[nH]c(-c3cc(S(=O)(=O)NC([2H])([2H])C([2H])([2H])C4CCCN4C([2H])([2H])[2H])ccc3OCCC)nc12.[2H]C([2H])([2H])CC([2H])([2H])c1nn(C)c2c(=O)[nH]c(-c3cc(S(=O)(=O)NCC([2H])([2H])C4CCCN4C([2H])([2H])[2H])ccc3OCCC)nc12.[2H]C([2H])([2H])CCc1nn(C)c2c(=O)[nH]c(-c3cc(S(=O)(=O)NC([2H])([2H])C([2H])([2H])C4CCCN4C([2H])([2H])[2H])ccc3OCCC)nc12. The third-order valence-electron chi connectivity index (χ3n) is 22.8. The lowest BCUT2D eigenvalue weighted by Crippen LogP contribution is -2.31. The molecule has 144 heavy (non-hydrogen) atoms. The number of hydrogen-bond donors (Lipinski definition) is 8. The zero-order valence-corrected chi connectivity index (χ0v) is 83.3. The van der Waals surface area contributed by atoms with E-state index in [1.165, 1.54) is 63.2 Å². The second-order valence-electron chi connectivity index (χ2n) is 33.1. The van der Waals surface area contributed by atoms with Crippen LogP contribution in [0.5, 0.6) is 23.0 Å². The van der Waals surface area contributed by atoms with Crippen molar-refractivity contribution in [1.29, 1.82) is 0 Å². The van der Waals surface area contributed by atoms with Gasteiger partial charge in [0.2, 0.25) is 40.1 Å². The maximum absolute atomic E-state index is 13.6. The summed E-state index contributed by atoms with van der Waals surface area (Å²) in [7, 11) is -13.2. The van der Waals surface area contributed by atoms with Gasteiger partial charge in [-0.25, -0.2) is 72.5 Å². The lowest BCUT2D eigenvalue weighted by atomic mass is 10.1. The molecule has 4 aromatic carbocycles. The van der Waals surface area contributed by atoms with E-state index in [1.807, 2.05) is 25.5 Å². The Morgan fingerprint density at radius 1 is 0.361 bits per heavy atom. The third-order valence-corrected chi connectivity index (χ3v) is 28.0. The highest BCUT2D eigenvalue weighted by molar-refractivity contribution is 7.90. The fraction of sp³-hybridized carbons (Fsp3) is 0.560. The van der Waals surface area contributed by atoms with E-state index >= 15 is 0 Å². The van der Waals surface area contributed by atoms with E-state index in [1.54, 1.807) is 16.4 Å². The largest absolute Gasteiger partial charge is 0.493 e. The molecule has 12 aromatic rings. The summed E-state index contributed by atoms with van der Waals surface area (Å²) in [5.41, 5.74) is -5.14. The summed E-state index contributed by atoms with van der Waals surface area (Å²) in [5, 5.41) is 16.4. The molecule has 4 fully saturated rings. The van der Waals surface area contributed by atoms with Crippen LogP contribution in [0.15, 0.2) is 112 Å². The maximum Gasteiger partial charge on any atom is 0.277 e. The van der Waals surface area contributed by atoms with Gasteiger partial charge in [-0.15, -0.1) is 0 Å². The number of H-pyrrole nitrogens is 4. The Bertz CT molecular complexity index is 9210. The molecular weight excluding hydrogens is 1920 g/mol. The molecule has 0 saturated carbocycles. The number of fused-ring (bicyclic) bond motifs is 4. The highest BCUT2D eigenvalue weighted by Crippen LogP contribution is 2.38. The van der Waals surface area contributed by atoms with Gasteiger partial charge in [0, 0.05) is 137 Å². The number of aryl methyl sites for hydroxylation is 8. The predicted molar refractivity (Wildman–Crippen MR) is 559 cm³/mol. The van der Waals surface area contributed by atoms with Gasteiger partial charge < -0.3 is 58.5 Å². The number of benzene rings is 4. The Hall–Kier alpha value is -11.0. The van der Waals surface area contributed by atoms with Gasteiger partial charge in [0.05, 0.1) is 91.0 Å². The monoisotopic (exact) mass is 2110 g/mol. The van der Waals surface area contributed by atoms with Crippen molar-refractivity contribution in [2.45, 2.75) is 253 Å². The van der Waals surface area contributed by atoms with Crippen molar-refractivity contribution in [2.24, 2.45) is 28.2 Å². The van der Waals surface area contributed by atoms with E-state index in [0.29, 0.717) is 44.9 Å². The molecule has 784 valence electrons. The average Bonchev–Trinajstić information content (AvgIpc) is 1.48. The number of rotatable bonds is 44. The summed E-state index contributed by atoms with van der Waals surface area (Å²) in [4.78, 5) is 82.5. The molecule has 4 aliphatic heterocycles. The first kappa shape index (κ1) is 65.5. The molecule has 0 aliphatic carbocycles. The average molecular weight is 2110 g/mol. The molecule has 8 N–H and O–H groups in total. The summed E-state index contributed by atoms with van der Waals surface area (Å²) < 4.78 is 487. The van der Waals surface area contributed by atoms with Crippen LogP contribution in [0.1, 0.15) is 265 Å². The van der Waals surface area contributed by atoms with Crippen molar-refractivity contribution in [2.75, 3.05) is 107 Å². The molecule has 16 rings (SSSR count). The second-order valence-corrected chi connectivity index (χ2v) is 40.0. The van der Waals surface area contributed by atoms with E-state index in [9.17, 15) is 52.8 Å². The molecule has 0 spiro atoms. The number of likely N-dealkylation sites (tertiary alicyclic amines) is 4. The molecule has 5 unspecified atom stereocenters. The van der Waals surface area contributed by atoms with Gasteiger partial charge in [-0.05, 0) is 255 Å². The highest BCUT2D eigenvalue weighted by Gasteiger charge is 2.32. The lowest BCUT2D eigenvalue weighted by molar-refractivity contribution is 0.297. The van der Waals surface area contributed by atoms with E-state index in [-0.39, 0.29) is 227 Å². The molecule has 0 radical (unpaired) electrons. The van der Waals surface area contributed by atoms with Gasteiger partial charge in [0.25, 0.3) is 22.2 Å². The first-order valence-electron chi connectivity index (χ1n) is 67.6. The lowest BCUT2D eigenvalue weighted by Gasteiger charge is -2.19. The molecule has 4 saturated heterocycles.